The van der Waals surface area contributed by atoms with Gasteiger partial charge in [0.25, 0.3) is 0 Å². The van der Waals surface area contributed by atoms with Gasteiger partial charge in [-0.05, 0) is 44.4 Å². The fourth-order valence-corrected chi connectivity index (χ4v) is 2.32. The van der Waals surface area contributed by atoms with Gasteiger partial charge in [-0.2, -0.15) is 0 Å². The van der Waals surface area contributed by atoms with Gasteiger partial charge in [0, 0.05) is 0 Å². The van der Waals surface area contributed by atoms with Crippen molar-refractivity contribution in [3.05, 3.63) is 11.6 Å². The van der Waals surface area contributed by atoms with E-state index in [4.69, 9.17) is 0 Å². The van der Waals surface area contributed by atoms with E-state index >= 15 is 0 Å². The molecule has 0 spiro atoms. The molecule has 76 valence electrons. The van der Waals surface area contributed by atoms with Crippen molar-refractivity contribution in [2.24, 2.45) is 17.8 Å². The maximum absolute atomic E-state index is 9.75. The lowest BCUT2D eigenvalue weighted by Crippen LogP contribution is -2.31. The van der Waals surface area contributed by atoms with Crippen LogP contribution in [0.15, 0.2) is 11.6 Å². The third-order valence-electron chi connectivity index (χ3n) is 3.19. The van der Waals surface area contributed by atoms with Crippen LogP contribution in [0.1, 0.15) is 40.5 Å². The van der Waals surface area contributed by atoms with Crippen molar-refractivity contribution in [3.8, 4) is 0 Å². The Balaban J connectivity index is 2.61. The first kappa shape index (κ1) is 10.8. The molecule has 0 saturated heterocycles. The normalized spacial score (nSPS) is 40.1. The highest BCUT2D eigenvalue weighted by Crippen LogP contribution is 2.34. The van der Waals surface area contributed by atoms with Crippen LogP contribution in [0.5, 0.6) is 0 Å². The van der Waals surface area contributed by atoms with Gasteiger partial charge in [0.15, 0.2) is 0 Å². The summed E-state index contributed by atoms with van der Waals surface area (Å²) in [6, 6.07) is 0. The van der Waals surface area contributed by atoms with Gasteiger partial charge in [-0.15, -0.1) is 0 Å². The SMILES string of the molecule is CC(C)=CC1CC(O)C(C)CC1C. The number of allylic oxidation sites excluding steroid dienone is 2. The molecule has 0 amide bonds. The Labute approximate surface area is 81.9 Å². The maximum atomic E-state index is 9.75. The summed E-state index contributed by atoms with van der Waals surface area (Å²) in [7, 11) is 0. The van der Waals surface area contributed by atoms with Gasteiger partial charge in [-0.3, -0.25) is 0 Å². The minimum atomic E-state index is -0.0863. The zero-order valence-electron chi connectivity index (χ0n) is 9.25. The van der Waals surface area contributed by atoms with Crippen LogP contribution in [0.25, 0.3) is 0 Å². The van der Waals surface area contributed by atoms with Crippen molar-refractivity contribution >= 4 is 0 Å². The molecule has 13 heavy (non-hydrogen) atoms. The number of aliphatic hydroxyl groups excluding tert-OH is 1. The summed E-state index contributed by atoms with van der Waals surface area (Å²) in [6.45, 7) is 8.72. The van der Waals surface area contributed by atoms with Crippen molar-refractivity contribution in [2.45, 2.75) is 46.6 Å². The van der Waals surface area contributed by atoms with Crippen molar-refractivity contribution in [3.63, 3.8) is 0 Å². The van der Waals surface area contributed by atoms with E-state index in [1.165, 1.54) is 5.57 Å². The number of hydrogen-bond donors (Lipinski definition) is 1. The molecule has 1 N–H and O–H groups in total. The first-order valence-electron chi connectivity index (χ1n) is 5.33. The van der Waals surface area contributed by atoms with Gasteiger partial charge in [0.05, 0.1) is 6.10 Å². The summed E-state index contributed by atoms with van der Waals surface area (Å²) in [4.78, 5) is 0. The molecule has 1 nitrogen and oxygen atoms in total. The second-order valence-corrected chi connectivity index (χ2v) is 4.90. The van der Waals surface area contributed by atoms with Crippen molar-refractivity contribution in [2.75, 3.05) is 0 Å². The summed E-state index contributed by atoms with van der Waals surface area (Å²) in [6.07, 6.45) is 4.35. The minimum absolute atomic E-state index is 0.0863. The molecule has 0 aliphatic heterocycles. The molecule has 0 aromatic heterocycles. The molecule has 0 radical (unpaired) electrons. The van der Waals surface area contributed by atoms with Crippen LogP contribution < -0.4 is 0 Å². The predicted molar refractivity (Wildman–Crippen MR) is 56.5 cm³/mol. The van der Waals surface area contributed by atoms with Crippen molar-refractivity contribution in [1.29, 1.82) is 0 Å². The Hall–Kier alpha value is -0.300. The number of hydrogen-bond acceptors (Lipinski definition) is 1. The molecule has 4 atom stereocenters. The standard InChI is InChI=1S/C12H22O/c1-8(2)5-11-7-12(13)10(4)6-9(11)3/h5,9-13H,6-7H2,1-4H3. The highest BCUT2D eigenvalue weighted by molar-refractivity contribution is 5.01. The molecule has 1 aliphatic rings. The quantitative estimate of drug-likeness (QED) is 0.618. The van der Waals surface area contributed by atoms with Crippen LogP contribution in [0.3, 0.4) is 0 Å². The second-order valence-electron chi connectivity index (χ2n) is 4.90. The van der Waals surface area contributed by atoms with Crippen LogP contribution in [-0.4, -0.2) is 11.2 Å². The fourth-order valence-electron chi connectivity index (χ4n) is 2.32. The lowest BCUT2D eigenvalue weighted by molar-refractivity contribution is 0.0405. The zero-order chi connectivity index (χ0) is 10.0. The molecule has 0 bridgehead atoms. The van der Waals surface area contributed by atoms with Crippen LogP contribution >= 0.6 is 0 Å². The average Bonchev–Trinajstić information content (AvgIpc) is 1.99. The number of rotatable bonds is 1. The van der Waals surface area contributed by atoms with Crippen molar-refractivity contribution < 1.29 is 5.11 Å². The third-order valence-corrected chi connectivity index (χ3v) is 3.19. The van der Waals surface area contributed by atoms with Gasteiger partial charge in [0.1, 0.15) is 0 Å². The van der Waals surface area contributed by atoms with Gasteiger partial charge < -0.3 is 5.11 Å². The van der Waals surface area contributed by atoms with E-state index in [1.807, 2.05) is 0 Å². The van der Waals surface area contributed by atoms with E-state index in [2.05, 4.69) is 33.8 Å². The van der Waals surface area contributed by atoms with Crippen LogP contribution in [-0.2, 0) is 0 Å². The van der Waals surface area contributed by atoms with Gasteiger partial charge in [0.2, 0.25) is 0 Å². The zero-order valence-corrected chi connectivity index (χ0v) is 9.25. The van der Waals surface area contributed by atoms with Crippen LogP contribution in [0, 0.1) is 17.8 Å². The minimum Gasteiger partial charge on any atom is -0.393 e. The first-order chi connectivity index (χ1) is 6.00. The summed E-state index contributed by atoms with van der Waals surface area (Å²) >= 11 is 0. The summed E-state index contributed by atoms with van der Waals surface area (Å²) < 4.78 is 0. The molecule has 1 aliphatic carbocycles. The molecule has 0 aromatic rings. The maximum Gasteiger partial charge on any atom is 0.0571 e. The third kappa shape index (κ3) is 2.84. The molecule has 1 saturated carbocycles. The summed E-state index contributed by atoms with van der Waals surface area (Å²) in [5, 5.41) is 9.75. The van der Waals surface area contributed by atoms with E-state index in [9.17, 15) is 5.11 Å². The Morgan fingerprint density at radius 2 is 1.77 bits per heavy atom. The fraction of sp³-hybridized carbons (Fsp3) is 0.833. The summed E-state index contributed by atoms with van der Waals surface area (Å²) in [5.41, 5.74) is 1.37. The lowest BCUT2D eigenvalue weighted by Gasteiger charge is -2.35. The Morgan fingerprint density at radius 1 is 1.15 bits per heavy atom. The molecular weight excluding hydrogens is 160 g/mol. The van der Waals surface area contributed by atoms with E-state index < -0.39 is 0 Å². The Kier molecular flexibility index (Phi) is 3.55. The average molecular weight is 182 g/mol. The van der Waals surface area contributed by atoms with Crippen LogP contribution in [0.2, 0.25) is 0 Å². The van der Waals surface area contributed by atoms with E-state index in [1.54, 1.807) is 0 Å². The molecule has 0 heterocycles. The smallest absolute Gasteiger partial charge is 0.0571 e. The second kappa shape index (κ2) is 4.28. The van der Waals surface area contributed by atoms with E-state index in [0.29, 0.717) is 11.8 Å². The Bertz CT molecular complexity index is 191. The lowest BCUT2D eigenvalue weighted by atomic mass is 9.73. The highest BCUT2D eigenvalue weighted by atomic mass is 16.3. The molecule has 4 unspecified atom stereocenters. The topological polar surface area (TPSA) is 20.2 Å². The van der Waals surface area contributed by atoms with Gasteiger partial charge in [-0.1, -0.05) is 25.5 Å². The van der Waals surface area contributed by atoms with E-state index in [-0.39, 0.29) is 6.10 Å². The first-order valence-corrected chi connectivity index (χ1v) is 5.33. The molecular formula is C12H22O. The molecule has 1 heteroatoms. The molecule has 1 rings (SSSR count). The molecule has 0 aromatic carbocycles. The predicted octanol–water partition coefficient (Wildman–Crippen LogP) is 3.00. The van der Waals surface area contributed by atoms with Gasteiger partial charge in [-0.25, -0.2) is 0 Å². The summed E-state index contributed by atoms with van der Waals surface area (Å²) in [5.74, 6) is 1.81. The number of aliphatic hydroxyl groups is 1. The monoisotopic (exact) mass is 182 g/mol. The van der Waals surface area contributed by atoms with Gasteiger partial charge >= 0.3 is 0 Å². The largest absolute Gasteiger partial charge is 0.393 e. The van der Waals surface area contributed by atoms with E-state index in [0.717, 1.165) is 18.8 Å². The Morgan fingerprint density at radius 3 is 2.31 bits per heavy atom. The molecule has 1 fully saturated rings. The van der Waals surface area contributed by atoms with Crippen LogP contribution in [0.4, 0.5) is 0 Å². The highest BCUT2D eigenvalue weighted by Gasteiger charge is 2.29. The van der Waals surface area contributed by atoms with Crippen molar-refractivity contribution in [1.82, 2.24) is 0 Å².